The molecule has 3 rings (SSSR count). The van der Waals surface area contributed by atoms with E-state index in [9.17, 15) is 9.59 Å². The van der Waals surface area contributed by atoms with E-state index in [4.69, 9.17) is 9.47 Å². The Labute approximate surface area is 187 Å². The van der Waals surface area contributed by atoms with Crippen molar-refractivity contribution in [1.29, 1.82) is 0 Å². The third-order valence-electron chi connectivity index (χ3n) is 4.54. The molecule has 0 fully saturated rings. The molecule has 0 aliphatic heterocycles. The van der Waals surface area contributed by atoms with Crippen molar-refractivity contribution in [2.75, 3.05) is 20.3 Å². The molecule has 0 aliphatic carbocycles. The van der Waals surface area contributed by atoms with E-state index >= 15 is 0 Å². The third-order valence-corrected chi connectivity index (χ3v) is 4.54. The highest BCUT2D eigenvalue weighted by Crippen LogP contribution is 2.13. The lowest BCUT2D eigenvalue weighted by Gasteiger charge is -2.08. The largest absolute Gasteiger partial charge is 0.497 e. The van der Waals surface area contributed by atoms with Crippen molar-refractivity contribution in [3.8, 4) is 11.5 Å². The van der Waals surface area contributed by atoms with Gasteiger partial charge in [0.05, 0.1) is 13.3 Å². The summed E-state index contributed by atoms with van der Waals surface area (Å²) < 4.78 is 10.6. The zero-order valence-corrected chi connectivity index (χ0v) is 17.8. The lowest BCUT2D eigenvalue weighted by atomic mass is 10.1. The van der Waals surface area contributed by atoms with Crippen LogP contribution >= 0.6 is 0 Å². The van der Waals surface area contributed by atoms with E-state index in [-0.39, 0.29) is 18.4 Å². The van der Waals surface area contributed by atoms with Crippen LogP contribution in [0.3, 0.4) is 0 Å². The summed E-state index contributed by atoms with van der Waals surface area (Å²) in [5.74, 6) is 0.660. The van der Waals surface area contributed by atoms with Crippen LogP contribution < -0.4 is 20.2 Å². The average molecular weight is 431 g/mol. The molecule has 3 aromatic rings. The monoisotopic (exact) mass is 431 g/mol. The molecule has 0 aromatic heterocycles. The minimum Gasteiger partial charge on any atom is -0.497 e. The zero-order chi connectivity index (χ0) is 22.6. The Kier molecular flexibility index (Phi) is 8.39. The Morgan fingerprint density at radius 2 is 1.72 bits per heavy atom. The van der Waals surface area contributed by atoms with Crippen molar-refractivity contribution < 1.29 is 19.1 Å². The lowest BCUT2D eigenvalue weighted by Crippen LogP contribution is -2.30. The summed E-state index contributed by atoms with van der Waals surface area (Å²) in [6.07, 6.45) is 2.30. The lowest BCUT2D eigenvalue weighted by molar-refractivity contribution is -0.123. The second-order valence-corrected chi connectivity index (χ2v) is 6.87. The van der Waals surface area contributed by atoms with Gasteiger partial charge in [0.25, 0.3) is 11.8 Å². The number of amides is 2. The maximum atomic E-state index is 12.1. The smallest absolute Gasteiger partial charge is 0.271 e. The number of carbonyl (C=O) groups is 2. The Bertz CT molecular complexity index is 1050. The number of carbonyl (C=O) groups excluding carboxylic acids is 2. The van der Waals surface area contributed by atoms with Gasteiger partial charge >= 0.3 is 0 Å². The minimum absolute atomic E-state index is 0.0567. The SMILES string of the molecule is COc1cccc(C(=O)N/N=C\c2ccc(OCC(=O)NCCc3ccccc3)cc2)c1. The maximum Gasteiger partial charge on any atom is 0.271 e. The van der Waals surface area contributed by atoms with Crippen molar-refractivity contribution in [2.45, 2.75) is 6.42 Å². The molecule has 0 aliphatic rings. The normalized spacial score (nSPS) is 10.5. The standard InChI is InChI=1S/C25H25N3O4/c1-31-23-9-5-8-21(16-23)25(30)28-27-17-20-10-12-22(13-11-20)32-18-24(29)26-15-14-19-6-3-2-4-7-19/h2-13,16-17H,14-15,18H2,1H3,(H,26,29)(H,28,30)/b27-17-. The molecule has 0 unspecified atom stereocenters. The van der Waals surface area contributed by atoms with E-state index < -0.39 is 0 Å². The Morgan fingerprint density at radius 3 is 2.47 bits per heavy atom. The van der Waals surface area contributed by atoms with E-state index in [1.54, 1.807) is 55.6 Å². The number of rotatable bonds is 10. The Balaban J connectivity index is 1.39. The van der Waals surface area contributed by atoms with Gasteiger partial charge in [-0.25, -0.2) is 5.43 Å². The summed E-state index contributed by atoms with van der Waals surface area (Å²) in [7, 11) is 1.54. The second-order valence-electron chi connectivity index (χ2n) is 6.87. The Morgan fingerprint density at radius 1 is 0.938 bits per heavy atom. The van der Waals surface area contributed by atoms with Crippen LogP contribution in [-0.4, -0.2) is 38.3 Å². The second kappa shape index (κ2) is 11.9. The molecule has 164 valence electrons. The molecule has 0 saturated heterocycles. The summed E-state index contributed by atoms with van der Waals surface area (Å²) in [4.78, 5) is 24.1. The van der Waals surface area contributed by atoms with Crippen LogP contribution in [0.5, 0.6) is 11.5 Å². The van der Waals surface area contributed by atoms with Crippen molar-refractivity contribution in [3.63, 3.8) is 0 Å². The van der Waals surface area contributed by atoms with Crippen LogP contribution in [0.4, 0.5) is 0 Å². The molecule has 0 bridgehead atoms. The minimum atomic E-state index is -0.335. The van der Waals surface area contributed by atoms with Crippen LogP contribution in [0, 0.1) is 0 Å². The summed E-state index contributed by atoms with van der Waals surface area (Å²) in [6, 6.07) is 23.8. The molecule has 0 atom stereocenters. The zero-order valence-electron chi connectivity index (χ0n) is 17.8. The molecule has 0 heterocycles. The molecular formula is C25H25N3O4. The van der Waals surface area contributed by atoms with Gasteiger partial charge in [-0.3, -0.25) is 9.59 Å². The summed E-state index contributed by atoms with van der Waals surface area (Å²) in [5.41, 5.74) is 4.87. The highest BCUT2D eigenvalue weighted by Gasteiger charge is 2.05. The predicted molar refractivity (Wildman–Crippen MR) is 123 cm³/mol. The maximum absolute atomic E-state index is 12.1. The van der Waals surface area contributed by atoms with Crippen molar-refractivity contribution in [2.24, 2.45) is 5.10 Å². The van der Waals surface area contributed by atoms with Crippen LogP contribution in [0.25, 0.3) is 0 Å². The van der Waals surface area contributed by atoms with E-state index in [0.717, 1.165) is 12.0 Å². The fraction of sp³-hybridized carbons (Fsp3) is 0.160. The fourth-order valence-corrected chi connectivity index (χ4v) is 2.84. The molecule has 0 spiro atoms. The molecule has 2 amide bonds. The van der Waals surface area contributed by atoms with Gasteiger partial charge in [-0.1, -0.05) is 36.4 Å². The van der Waals surface area contributed by atoms with Crippen molar-refractivity contribution in [3.05, 3.63) is 95.6 Å². The number of hydrogen-bond donors (Lipinski definition) is 2. The number of nitrogens with zero attached hydrogens (tertiary/aromatic N) is 1. The molecule has 3 aromatic carbocycles. The summed E-state index contributed by atoms with van der Waals surface area (Å²) >= 11 is 0. The fourth-order valence-electron chi connectivity index (χ4n) is 2.84. The van der Waals surface area contributed by atoms with Gasteiger partial charge < -0.3 is 14.8 Å². The van der Waals surface area contributed by atoms with E-state index in [1.165, 1.54) is 11.8 Å². The van der Waals surface area contributed by atoms with Crippen LogP contribution in [0.1, 0.15) is 21.5 Å². The van der Waals surface area contributed by atoms with Gasteiger partial charge in [0.2, 0.25) is 0 Å². The molecule has 0 radical (unpaired) electrons. The summed E-state index contributed by atoms with van der Waals surface area (Å²) in [5, 5.41) is 6.80. The predicted octanol–water partition coefficient (Wildman–Crippen LogP) is 3.20. The van der Waals surface area contributed by atoms with Crippen molar-refractivity contribution in [1.82, 2.24) is 10.7 Å². The first-order valence-electron chi connectivity index (χ1n) is 10.1. The highest BCUT2D eigenvalue weighted by atomic mass is 16.5. The van der Waals surface area contributed by atoms with Gasteiger partial charge in [0, 0.05) is 12.1 Å². The Hall–Kier alpha value is -4.13. The molecule has 2 N–H and O–H groups in total. The topological polar surface area (TPSA) is 89.0 Å². The number of hydrazone groups is 1. The number of nitrogens with one attached hydrogen (secondary N) is 2. The van der Waals surface area contributed by atoms with Crippen molar-refractivity contribution >= 4 is 18.0 Å². The number of methoxy groups -OCH3 is 1. The van der Waals surface area contributed by atoms with Gasteiger partial charge in [0.15, 0.2) is 6.61 Å². The first kappa shape index (κ1) is 22.6. The first-order valence-corrected chi connectivity index (χ1v) is 10.1. The molecule has 0 saturated carbocycles. The van der Waals surface area contributed by atoms with E-state index in [2.05, 4.69) is 15.8 Å². The molecular weight excluding hydrogens is 406 g/mol. The van der Waals surface area contributed by atoms with Crippen LogP contribution in [0.15, 0.2) is 84.0 Å². The van der Waals surface area contributed by atoms with E-state index in [1.807, 2.05) is 30.3 Å². The molecule has 7 heteroatoms. The summed E-state index contributed by atoms with van der Waals surface area (Å²) in [6.45, 7) is 0.502. The van der Waals surface area contributed by atoms with Gasteiger partial charge in [-0.15, -0.1) is 0 Å². The van der Waals surface area contributed by atoms with Crippen LogP contribution in [-0.2, 0) is 11.2 Å². The van der Waals surface area contributed by atoms with Gasteiger partial charge in [-0.05, 0) is 60.0 Å². The first-order chi connectivity index (χ1) is 15.6. The van der Waals surface area contributed by atoms with Gasteiger partial charge in [-0.2, -0.15) is 5.10 Å². The molecule has 32 heavy (non-hydrogen) atoms. The quantitative estimate of drug-likeness (QED) is 0.381. The number of hydrogen-bond acceptors (Lipinski definition) is 5. The number of benzene rings is 3. The average Bonchev–Trinajstić information content (AvgIpc) is 2.84. The third kappa shape index (κ3) is 7.28. The van der Waals surface area contributed by atoms with Gasteiger partial charge in [0.1, 0.15) is 11.5 Å². The van der Waals surface area contributed by atoms with Crippen LogP contribution in [0.2, 0.25) is 0 Å². The number of ether oxygens (including phenoxy) is 2. The van der Waals surface area contributed by atoms with E-state index in [0.29, 0.717) is 23.6 Å². The molecule has 7 nitrogen and oxygen atoms in total. The highest BCUT2D eigenvalue weighted by molar-refractivity contribution is 5.95.